The molecule has 7 nitrogen and oxygen atoms in total. The molecule has 0 radical (unpaired) electrons. The maximum Gasteiger partial charge on any atom is 0.255 e. The van der Waals surface area contributed by atoms with Crippen molar-refractivity contribution in [2.75, 3.05) is 13.1 Å². The molecule has 1 saturated heterocycles. The maximum atomic E-state index is 13.1. The first-order valence-electron chi connectivity index (χ1n) is 10.1. The summed E-state index contributed by atoms with van der Waals surface area (Å²) in [4.78, 5) is 18.1. The fourth-order valence-electron chi connectivity index (χ4n) is 4.26. The number of aromatic nitrogens is 3. The molecule has 5 rings (SSSR count). The first-order valence-corrected chi connectivity index (χ1v) is 10.1. The van der Waals surface area contributed by atoms with Crippen molar-refractivity contribution >= 4 is 22.3 Å². The summed E-state index contributed by atoms with van der Waals surface area (Å²) < 4.78 is 7.89. The first kappa shape index (κ1) is 18.7. The van der Waals surface area contributed by atoms with Gasteiger partial charge in [0.15, 0.2) is 5.75 Å². The van der Waals surface area contributed by atoms with Crippen LogP contribution in [0.2, 0.25) is 0 Å². The molecule has 154 valence electrons. The maximum absolute atomic E-state index is 13.1. The summed E-state index contributed by atoms with van der Waals surface area (Å²) in [7, 11) is 0. The van der Waals surface area contributed by atoms with Crippen molar-refractivity contribution in [3.63, 3.8) is 0 Å². The second-order valence-electron chi connectivity index (χ2n) is 8.43. The van der Waals surface area contributed by atoms with Gasteiger partial charge < -0.3 is 19.7 Å². The van der Waals surface area contributed by atoms with Gasteiger partial charge in [-0.2, -0.15) is 5.10 Å². The molecular weight excluding hydrogens is 380 g/mol. The van der Waals surface area contributed by atoms with Crippen LogP contribution in [0, 0.1) is 13.8 Å². The van der Waals surface area contributed by atoms with Crippen LogP contribution < -0.4 is 4.74 Å². The van der Waals surface area contributed by atoms with Gasteiger partial charge in [-0.15, -0.1) is 0 Å². The smallest absolute Gasteiger partial charge is 0.255 e. The Morgan fingerprint density at radius 2 is 2.10 bits per heavy atom. The highest BCUT2D eigenvalue weighted by atomic mass is 16.5. The Labute approximate surface area is 173 Å². The third kappa shape index (κ3) is 3.11. The van der Waals surface area contributed by atoms with Crippen LogP contribution in [0.25, 0.3) is 16.4 Å². The molecule has 7 heteroatoms. The van der Waals surface area contributed by atoms with E-state index in [4.69, 9.17) is 4.74 Å². The molecule has 3 aromatic heterocycles. The van der Waals surface area contributed by atoms with E-state index in [-0.39, 0.29) is 5.91 Å². The van der Waals surface area contributed by atoms with Crippen LogP contribution in [0.4, 0.5) is 0 Å². The summed E-state index contributed by atoms with van der Waals surface area (Å²) in [6.45, 7) is 6.58. The molecule has 30 heavy (non-hydrogen) atoms. The van der Waals surface area contributed by atoms with Crippen LogP contribution in [0.1, 0.15) is 35.0 Å². The van der Waals surface area contributed by atoms with E-state index < -0.39 is 5.60 Å². The van der Waals surface area contributed by atoms with E-state index in [1.165, 1.54) is 0 Å². The lowest BCUT2D eigenvalue weighted by Crippen LogP contribution is -2.34. The number of ether oxygens (including phenoxy) is 1. The molecule has 1 atom stereocenters. The van der Waals surface area contributed by atoms with E-state index in [9.17, 15) is 9.90 Å². The standard InChI is InChI=1S/C23H24N4O3/c1-14-10-16-11-17(4-5-19(16)25-14)30-20-6-8-24-27-12-18(15(2)21(20)27)22(28)26-9-7-23(3,29)13-26/h4-6,8,10-12,25,29H,7,9,13H2,1-3H3/t23-/m1/s1. The number of hydrogen-bond donors (Lipinski definition) is 2. The Bertz CT molecular complexity index is 1280. The number of β-amino-alcohol motifs (C(OH)–C–C–N with tert-alkyl or cyclic N) is 1. The number of aryl methyl sites for hydroxylation is 2. The third-order valence-electron chi connectivity index (χ3n) is 5.81. The quantitative estimate of drug-likeness (QED) is 0.544. The van der Waals surface area contributed by atoms with Crippen LogP contribution in [-0.4, -0.2) is 49.2 Å². The van der Waals surface area contributed by atoms with Crippen molar-refractivity contribution in [2.45, 2.75) is 32.8 Å². The van der Waals surface area contributed by atoms with Gasteiger partial charge in [0.25, 0.3) is 5.91 Å². The van der Waals surface area contributed by atoms with Crippen molar-refractivity contribution < 1.29 is 14.6 Å². The molecule has 2 N–H and O–H groups in total. The Morgan fingerprint density at radius 1 is 1.27 bits per heavy atom. The highest BCUT2D eigenvalue weighted by molar-refractivity contribution is 5.98. The molecule has 0 aliphatic carbocycles. The third-order valence-corrected chi connectivity index (χ3v) is 5.81. The molecular formula is C23H24N4O3. The van der Waals surface area contributed by atoms with E-state index in [1.54, 1.807) is 28.7 Å². The normalized spacial score (nSPS) is 19.1. The number of nitrogens with one attached hydrogen (secondary N) is 1. The summed E-state index contributed by atoms with van der Waals surface area (Å²) in [5.74, 6) is 1.27. The number of carbonyl (C=O) groups excluding carboxylic acids is 1. The Kier molecular flexibility index (Phi) is 4.11. The molecule has 0 unspecified atom stereocenters. The number of fused-ring (bicyclic) bond motifs is 2. The van der Waals surface area contributed by atoms with E-state index in [2.05, 4.69) is 16.1 Å². The molecule has 4 heterocycles. The number of hydrogen-bond acceptors (Lipinski definition) is 4. The summed E-state index contributed by atoms with van der Waals surface area (Å²) in [6, 6.07) is 9.80. The van der Waals surface area contributed by atoms with Gasteiger partial charge in [-0.05, 0) is 57.0 Å². The molecule has 0 saturated carbocycles. The van der Waals surface area contributed by atoms with Crippen molar-refractivity contribution in [1.29, 1.82) is 0 Å². The van der Waals surface area contributed by atoms with Gasteiger partial charge in [0.2, 0.25) is 0 Å². The monoisotopic (exact) mass is 404 g/mol. The number of rotatable bonds is 3. The number of amides is 1. The predicted molar refractivity (Wildman–Crippen MR) is 114 cm³/mol. The van der Waals surface area contributed by atoms with Crippen LogP contribution in [0.3, 0.4) is 0 Å². The molecule has 1 aromatic carbocycles. The van der Waals surface area contributed by atoms with Gasteiger partial charge >= 0.3 is 0 Å². The molecule has 1 aliphatic rings. The van der Waals surface area contributed by atoms with Crippen molar-refractivity contribution in [3.8, 4) is 11.5 Å². The fraction of sp³-hybridized carbons (Fsp3) is 0.304. The van der Waals surface area contributed by atoms with Crippen molar-refractivity contribution in [1.82, 2.24) is 19.5 Å². The second-order valence-corrected chi connectivity index (χ2v) is 8.43. The van der Waals surface area contributed by atoms with Crippen LogP contribution in [-0.2, 0) is 0 Å². The van der Waals surface area contributed by atoms with Gasteiger partial charge in [-0.25, -0.2) is 4.52 Å². The summed E-state index contributed by atoms with van der Waals surface area (Å²) in [5, 5.41) is 15.7. The van der Waals surface area contributed by atoms with Gasteiger partial charge in [-0.1, -0.05) is 0 Å². The molecule has 1 fully saturated rings. The number of likely N-dealkylation sites (tertiary alicyclic amines) is 1. The zero-order chi connectivity index (χ0) is 21.0. The number of benzene rings is 1. The summed E-state index contributed by atoms with van der Waals surface area (Å²) in [5.41, 5.74) is 3.48. The Morgan fingerprint density at radius 3 is 2.87 bits per heavy atom. The summed E-state index contributed by atoms with van der Waals surface area (Å²) in [6.07, 6.45) is 3.99. The topological polar surface area (TPSA) is 82.9 Å². The highest BCUT2D eigenvalue weighted by Crippen LogP contribution is 2.33. The minimum absolute atomic E-state index is 0.0917. The number of nitrogens with zero attached hydrogens (tertiary/aromatic N) is 3. The number of aliphatic hydroxyl groups is 1. The van der Waals surface area contributed by atoms with Crippen LogP contribution in [0.15, 0.2) is 42.7 Å². The summed E-state index contributed by atoms with van der Waals surface area (Å²) >= 11 is 0. The minimum atomic E-state index is -0.829. The SMILES string of the molecule is Cc1cc2cc(Oc3ccnn4cc(C(=O)N5CC[C@@](C)(O)C5)c(C)c34)ccc2[nH]1. The van der Waals surface area contributed by atoms with Gasteiger partial charge in [0.1, 0.15) is 11.3 Å². The van der Waals surface area contributed by atoms with E-state index in [0.29, 0.717) is 30.8 Å². The molecule has 1 amide bonds. The van der Waals surface area contributed by atoms with Crippen LogP contribution >= 0.6 is 0 Å². The Balaban J connectivity index is 1.51. The van der Waals surface area contributed by atoms with Gasteiger partial charge in [0, 0.05) is 41.9 Å². The van der Waals surface area contributed by atoms with E-state index in [0.717, 1.165) is 33.4 Å². The average Bonchev–Trinajstić information content (AvgIpc) is 3.35. The lowest BCUT2D eigenvalue weighted by molar-refractivity contribution is 0.0572. The zero-order valence-electron chi connectivity index (χ0n) is 17.3. The highest BCUT2D eigenvalue weighted by Gasteiger charge is 2.35. The fourth-order valence-corrected chi connectivity index (χ4v) is 4.26. The number of carbonyl (C=O) groups is 1. The first-order chi connectivity index (χ1) is 14.3. The van der Waals surface area contributed by atoms with Crippen molar-refractivity contribution in [3.05, 3.63) is 59.5 Å². The largest absolute Gasteiger partial charge is 0.455 e. The van der Waals surface area contributed by atoms with Gasteiger partial charge in [-0.3, -0.25) is 4.79 Å². The van der Waals surface area contributed by atoms with Crippen LogP contribution in [0.5, 0.6) is 11.5 Å². The lowest BCUT2D eigenvalue weighted by atomic mass is 10.1. The molecule has 0 spiro atoms. The van der Waals surface area contributed by atoms with Gasteiger partial charge in [0.05, 0.1) is 17.4 Å². The minimum Gasteiger partial charge on any atom is -0.455 e. The van der Waals surface area contributed by atoms with E-state index in [1.807, 2.05) is 38.1 Å². The zero-order valence-corrected chi connectivity index (χ0v) is 17.3. The Hall–Kier alpha value is -3.32. The number of H-pyrrole nitrogens is 1. The lowest BCUT2D eigenvalue weighted by Gasteiger charge is -2.18. The van der Waals surface area contributed by atoms with E-state index >= 15 is 0 Å². The molecule has 0 bridgehead atoms. The van der Waals surface area contributed by atoms with Crippen molar-refractivity contribution in [2.24, 2.45) is 0 Å². The second kappa shape index (κ2) is 6.60. The predicted octanol–water partition coefficient (Wildman–Crippen LogP) is 3.82. The molecule has 4 aromatic rings. The number of aromatic amines is 1. The molecule has 1 aliphatic heterocycles. The average molecular weight is 404 g/mol.